The van der Waals surface area contributed by atoms with E-state index in [9.17, 15) is 5.11 Å². The summed E-state index contributed by atoms with van der Waals surface area (Å²) in [5.41, 5.74) is 6.43. The van der Waals surface area contributed by atoms with Crippen LogP contribution < -0.4 is 10.6 Å². The second-order valence-corrected chi connectivity index (χ2v) is 4.19. The summed E-state index contributed by atoms with van der Waals surface area (Å²) in [6.07, 6.45) is 3.18. The number of nitrogens with zero attached hydrogens (tertiary/aromatic N) is 3. The Morgan fingerprint density at radius 1 is 1.47 bits per heavy atom. The molecule has 17 heavy (non-hydrogen) atoms. The molecule has 0 radical (unpaired) electrons. The Morgan fingerprint density at radius 3 is 2.94 bits per heavy atom. The Kier molecular flexibility index (Phi) is 3.88. The maximum Gasteiger partial charge on any atom is 0.151 e. The fourth-order valence-corrected chi connectivity index (χ4v) is 2.09. The standard InChI is InChI=1S/C11H18N4O2/c1-8-5-15(6-9(7-16)17-8)11-10(4-12)13-2-3-14-11/h2-3,8-9,16H,4-7,12H2,1H3. The summed E-state index contributed by atoms with van der Waals surface area (Å²) in [5, 5.41) is 9.19. The van der Waals surface area contributed by atoms with Gasteiger partial charge < -0.3 is 20.5 Å². The van der Waals surface area contributed by atoms with Gasteiger partial charge in [0.05, 0.1) is 24.5 Å². The largest absolute Gasteiger partial charge is 0.394 e. The second kappa shape index (κ2) is 5.39. The molecule has 1 aliphatic heterocycles. The molecule has 6 nitrogen and oxygen atoms in total. The number of aliphatic hydroxyl groups is 1. The number of ether oxygens (including phenoxy) is 1. The molecular formula is C11H18N4O2. The zero-order valence-electron chi connectivity index (χ0n) is 9.91. The van der Waals surface area contributed by atoms with Gasteiger partial charge in [-0.2, -0.15) is 0 Å². The van der Waals surface area contributed by atoms with Gasteiger partial charge in [0, 0.05) is 32.0 Å². The van der Waals surface area contributed by atoms with E-state index in [-0.39, 0.29) is 18.8 Å². The SMILES string of the molecule is CC1CN(c2nccnc2CN)CC(CO)O1. The normalized spacial score (nSPS) is 25.0. The molecule has 1 aromatic rings. The van der Waals surface area contributed by atoms with Crippen LogP contribution in [0.4, 0.5) is 5.82 Å². The average molecular weight is 238 g/mol. The first-order valence-electron chi connectivity index (χ1n) is 5.75. The summed E-state index contributed by atoms with van der Waals surface area (Å²) in [4.78, 5) is 10.6. The molecule has 0 bridgehead atoms. The van der Waals surface area contributed by atoms with Crippen molar-refractivity contribution in [3.8, 4) is 0 Å². The lowest BCUT2D eigenvalue weighted by Crippen LogP contribution is -2.48. The van der Waals surface area contributed by atoms with Crippen LogP contribution in [0.15, 0.2) is 12.4 Å². The highest BCUT2D eigenvalue weighted by molar-refractivity contribution is 5.43. The molecule has 3 N–H and O–H groups in total. The highest BCUT2D eigenvalue weighted by atomic mass is 16.5. The molecule has 2 rings (SSSR count). The smallest absolute Gasteiger partial charge is 0.151 e. The maximum absolute atomic E-state index is 9.19. The van der Waals surface area contributed by atoms with Crippen LogP contribution in [-0.4, -0.2) is 47.0 Å². The minimum absolute atomic E-state index is 0.0130. The van der Waals surface area contributed by atoms with E-state index in [1.807, 2.05) is 6.92 Å². The van der Waals surface area contributed by atoms with E-state index in [1.165, 1.54) is 0 Å². The number of aromatic nitrogens is 2. The average Bonchev–Trinajstić information content (AvgIpc) is 2.37. The fourth-order valence-electron chi connectivity index (χ4n) is 2.09. The second-order valence-electron chi connectivity index (χ2n) is 4.19. The minimum atomic E-state index is -0.175. The lowest BCUT2D eigenvalue weighted by molar-refractivity contribution is -0.0423. The molecular weight excluding hydrogens is 220 g/mol. The molecule has 1 fully saturated rings. The van der Waals surface area contributed by atoms with Crippen molar-refractivity contribution in [1.29, 1.82) is 0 Å². The molecule has 0 spiro atoms. The first kappa shape index (κ1) is 12.2. The highest BCUT2D eigenvalue weighted by Gasteiger charge is 2.26. The zero-order valence-corrected chi connectivity index (χ0v) is 9.91. The van der Waals surface area contributed by atoms with Crippen molar-refractivity contribution in [2.45, 2.75) is 25.7 Å². The summed E-state index contributed by atoms with van der Waals surface area (Å²) >= 11 is 0. The van der Waals surface area contributed by atoms with Crippen molar-refractivity contribution in [2.24, 2.45) is 5.73 Å². The lowest BCUT2D eigenvalue weighted by Gasteiger charge is -2.37. The zero-order chi connectivity index (χ0) is 12.3. The van der Waals surface area contributed by atoms with E-state index >= 15 is 0 Å². The molecule has 2 atom stereocenters. The van der Waals surface area contributed by atoms with Gasteiger partial charge in [0.15, 0.2) is 5.82 Å². The summed E-state index contributed by atoms with van der Waals surface area (Å²) in [6.45, 7) is 3.71. The lowest BCUT2D eigenvalue weighted by atomic mass is 10.2. The minimum Gasteiger partial charge on any atom is -0.394 e. The summed E-state index contributed by atoms with van der Waals surface area (Å²) in [7, 11) is 0. The molecule has 0 amide bonds. The number of aliphatic hydroxyl groups excluding tert-OH is 1. The van der Waals surface area contributed by atoms with Crippen LogP contribution in [0.25, 0.3) is 0 Å². The van der Waals surface area contributed by atoms with Crippen molar-refractivity contribution in [2.75, 3.05) is 24.6 Å². The number of hydrogen-bond acceptors (Lipinski definition) is 6. The third kappa shape index (κ3) is 2.71. The van der Waals surface area contributed by atoms with Crippen molar-refractivity contribution in [3.63, 3.8) is 0 Å². The van der Waals surface area contributed by atoms with Crippen molar-refractivity contribution < 1.29 is 9.84 Å². The van der Waals surface area contributed by atoms with Gasteiger partial charge in [-0.1, -0.05) is 0 Å². The molecule has 1 aliphatic rings. The monoisotopic (exact) mass is 238 g/mol. The van der Waals surface area contributed by atoms with Crippen LogP contribution >= 0.6 is 0 Å². The van der Waals surface area contributed by atoms with E-state index < -0.39 is 0 Å². The maximum atomic E-state index is 9.19. The fraction of sp³-hybridized carbons (Fsp3) is 0.636. The van der Waals surface area contributed by atoms with Gasteiger partial charge in [0.2, 0.25) is 0 Å². The highest BCUT2D eigenvalue weighted by Crippen LogP contribution is 2.20. The van der Waals surface area contributed by atoms with Gasteiger partial charge >= 0.3 is 0 Å². The van der Waals surface area contributed by atoms with Crippen molar-refractivity contribution >= 4 is 5.82 Å². The van der Waals surface area contributed by atoms with E-state index in [1.54, 1.807) is 12.4 Å². The third-order valence-electron chi connectivity index (χ3n) is 2.77. The van der Waals surface area contributed by atoms with Crippen LogP contribution in [-0.2, 0) is 11.3 Å². The van der Waals surface area contributed by atoms with Crippen LogP contribution in [0, 0.1) is 0 Å². The van der Waals surface area contributed by atoms with E-state index in [4.69, 9.17) is 10.5 Å². The Morgan fingerprint density at radius 2 is 2.24 bits per heavy atom. The topological polar surface area (TPSA) is 84.5 Å². The predicted molar refractivity (Wildman–Crippen MR) is 63.6 cm³/mol. The Labute approximate surface area is 100 Å². The van der Waals surface area contributed by atoms with E-state index in [2.05, 4.69) is 14.9 Å². The number of nitrogens with two attached hydrogens (primary N) is 1. The first-order valence-corrected chi connectivity index (χ1v) is 5.75. The number of rotatable bonds is 3. The predicted octanol–water partition coefficient (Wildman–Crippen LogP) is -0.479. The first-order chi connectivity index (χ1) is 8.24. The summed E-state index contributed by atoms with van der Waals surface area (Å²) in [6, 6.07) is 0. The van der Waals surface area contributed by atoms with Crippen LogP contribution in [0.3, 0.4) is 0 Å². The van der Waals surface area contributed by atoms with Crippen LogP contribution in [0.2, 0.25) is 0 Å². The third-order valence-corrected chi connectivity index (χ3v) is 2.77. The van der Waals surface area contributed by atoms with Gasteiger partial charge in [0.25, 0.3) is 0 Å². The summed E-state index contributed by atoms with van der Waals surface area (Å²) < 4.78 is 5.59. The Hall–Kier alpha value is -1.24. The molecule has 94 valence electrons. The van der Waals surface area contributed by atoms with Crippen LogP contribution in [0.1, 0.15) is 12.6 Å². The number of anilines is 1. The molecule has 1 aromatic heterocycles. The molecule has 6 heteroatoms. The summed E-state index contributed by atoms with van der Waals surface area (Å²) in [5.74, 6) is 0.795. The number of morpholine rings is 1. The van der Waals surface area contributed by atoms with Gasteiger partial charge in [-0.05, 0) is 6.92 Å². The number of hydrogen-bond donors (Lipinski definition) is 2. The van der Waals surface area contributed by atoms with Gasteiger partial charge in [0.1, 0.15) is 0 Å². The van der Waals surface area contributed by atoms with Crippen molar-refractivity contribution in [3.05, 3.63) is 18.1 Å². The van der Waals surface area contributed by atoms with Gasteiger partial charge in [-0.3, -0.25) is 4.98 Å². The molecule has 2 unspecified atom stereocenters. The molecule has 1 saturated heterocycles. The Bertz CT molecular complexity index is 374. The Balaban J connectivity index is 2.20. The van der Waals surface area contributed by atoms with E-state index in [0.717, 1.165) is 18.1 Å². The van der Waals surface area contributed by atoms with E-state index in [0.29, 0.717) is 13.1 Å². The quantitative estimate of drug-likeness (QED) is 0.740. The van der Waals surface area contributed by atoms with Crippen LogP contribution in [0.5, 0.6) is 0 Å². The molecule has 0 aliphatic carbocycles. The molecule has 0 aromatic carbocycles. The van der Waals surface area contributed by atoms with Gasteiger partial charge in [-0.25, -0.2) is 4.98 Å². The van der Waals surface area contributed by atoms with Gasteiger partial charge in [-0.15, -0.1) is 0 Å². The molecule has 2 heterocycles. The molecule has 0 saturated carbocycles. The van der Waals surface area contributed by atoms with Crippen molar-refractivity contribution in [1.82, 2.24) is 9.97 Å².